The first-order valence-electron chi connectivity index (χ1n) is 14.7. The number of nitro benzene ring substituents is 2. The van der Waals surface area contributed by atoms with Gasteiger partial charge in [-0.1, -0.05) is 0 Å². The maximum atomic E-state index is 12.8. The Morgan fingerprint density at radius 3 is 1.96 bits per heavy atom. The summed E-state index contributed by atoms with van der Waals surface area (Å²) in [5, 5.41) is 29.8. The topological polar surface area (TPSA) is 208 Å². The van der Waals surface area contributed by atoms with Crippen LogP contribution in [0.25, 0.3) is 0 Å². The van der Waals surface area contributed by atoms with Crippen LogP contribution < -0.4 is 16.0 Å². The highest BCUT2D eigenvalue weighted by atomic mass is 32.1. The van der Waals surface area contributed by atoms with E-state index in [0.29, 0.717) is 49.5 Å². The molecule has 46 heavy (non-hydrogen) atoms. The number of nitro groups is 2. The van der Waals surface area contributed by atoms with Crippen molar-refractivity contribution in [2.45, 2.75) is 50.2 Å². The van der Waals surface area contributed by atoms with Crippen molar-refractivity contribution in [1.82, 2.24) is 20.9 Å². The van der Waals surface area contributed by atoms with Crippen molar-refractivity contribution in [3.63, 3.8) is 0 Å². The van der Waals surface area contributed by atoms with E-state index < -0.39 is 22.0 Å². The number of nitrogens with one attached hydrogen (secondary N) is 3. The van der Waals surface area contributed by atoms with Crippen molar-refractivity contribution in [3.8, 4) is 0 Å². The van der Waals surface area contributed by atoms with E-state index in [1.807, 2.05) is 4.90 Å². The van der Waals surface area contributed by atoms with Crippen molar-refractivity contribution >= 4 is 48.1 Å². The van der Waals surface area contributed by atoms with Gasteiger partial charge in [0.2, 0.25) is 11.9 Å². The third-order valence-corrected chi connectivity index (χ3v) is 7.91. The second-order valence-electron chi connectivity index (χ2n) is 10.9. The Hall–Kier alpha value is -4.77. The highest BCUT2D eigenvalue weighted by molar-refractivity contribution is 7.81. The van der Waals surface area contributed by atoms with Crippen molar-refractivity contribution < 1.29 is 33.7 Å². The first kappa shape index (κ1) is 34.1. The van der Waals surface area contributed by atoms with Crippen LogP contribution in [0.15, 0.2) is 53.5 Å². The lowest BCUT2D eigenvalue weighted by Crippen LogP contribution is -2.44. The number of amides is 3. The number of rotatable bonds is 11. The van der Waals surface area contributed by atoms with Gasteiger partial charge in [-0.15, -0.1) is 0 Å². The van der Waals surface area contributed by atoms with E-state index in [9.17, 15) is 34.6 Å². The molecule has 0 radical (unpaired) electrons. The molecule has 2 aromatic carbocycles. The summed E-state index contributed by atoms with van der Waals surface area (Å²) >= 11 is 4.44. The molecule has 3 N–H and O–H groups in total. The number of aliphatic imine (C=N–C) groups is 1. The average Bonchev–Trinajstić information content (AvgIpc) is 3.70. The lowest BCUT2D eigenvalue weighted by Gasteiger charge is -2.20. The molecule has 3 amide bonds. The van der Waals surface area contributed by atoms with Crippen molar-refractivity contribution in [2.75, 3.05) is 26.2 Å². The van der Waals surface area contributed by atoms with Gasteiger partial charge in [0.05, 0.1) is 15.9 Å². The molecule has 0 unspecified atom stereocenters. The molecule has 2 aromatic rings. The van der Waals surface area contributed by atoms with Gasteiger partial charge in [-0.25, -0.2) is 9.59 Å². The molecule has 0 aromatic heterocycles. The molecule has 2 saturated heterocycles. The smallest absolute Gasteiger partial charge is 0.414 e. The van der Waals surface area contributed by atoms with Gasteiger partial charge in [-0.2, -0.15) is 12.6 Å². The normalized spacial score (nSPS) is 18.8. The minimum absolute atomic E-state index is 0.103. The Morgan fingerprint density at radius 2 is 1.48 bits per heavy atom. The van der Waals surface area contributed by atoms with Gasteiger partial charge in [-0.3, -0.25) is 40.6 Å². The Balaban J connectivity index is 1.28. The van der Waals surface area contributed by atoms with Crippen LogP contribution in [-0.4, -0.2) is 76.3 Å². The Bertz CT molecular complexity index is 1360. The van der Waals surface area contributed by atoms with Crippen LogP contribution in [0.4, 0.5) is 21.0 Å². The summed E-state index contributed by atoms with van der Waals surface area (Å²) in [5.74, 6) is 0.196. The molecule has 0 bridgehead atoms. The molecule has 3 atom stereocenters. The number of carbonyl (C=O) groups is 3. The maximum absolute atomic E-state index is 12.8. The van der Waals surface area contributed by atoms with E-state index in [1.165, 1.54) is 48.5 Å². The zero-order valence-electron chi connectivity index (χ0n) is 24.8. The third kappa shape index (κ3) is 10.4. The summed E-state index contributed by atoms with van der Waals surface area (Å²) in [4.78, 5) is 64.6. The average molecular weight is 658 g/mol. The standard InChI is InChI=1S/C29H35N7O9S/c37-26(25-14-24(46)15-31-25)34-13-11-19(16-34)2-1-12-30-27(32-28(38)44-17-20-3-7-22(8-4-20)35(40)41)33-29(39)45-18-21-5-9-23(10-6-21)36(42)43/h3-10,19,24-25,31,46H,1-2,11-18H2,(H2,30,32,33,38,39)/t19-,24-,25-/m0/s1. The molecule has 2 aliphatic rings. The second-order valence-corrected chi connectivity index (χ2v) is 11.6. The van der Waals surface area contributed by atoms with Gasteiger partial charge < -0.3 is 19.7 Å². The predicted molar refractivity (Wildman–Crippen MR) is 168 cm³/mol. The summed E-state index contributed by atoms with van der Waals surface area (Å²) in [5.41, 5.74) is 0.808. The molecule has 4 rings (SSSR count). The first-order valence-corrected chi connectivity index (χ1v) is 15.2. The highest BCUT2D eigenvalue weighted by Crippen LogP contribution is 2.24. The molecular weight excluding hydrogens is 622 g/mol. The molecule has 246 valence electrons. The number of alkyl carbamates (subject to hydrolysis) is 2. The summed E-state index contributed by atoms with van der Waals surface area (Å²) in [7, 11) is 0. The van der Waals surface area contributed by atoms with Crippen LogP contribution in [0.2, 0.25) is 0 Å². The summed E-state index contributed by atoms with van der Waals surface area (Å²) < 4.78 is 10.4. The summed E-state index contributed by atoms with van der Waals surface area (Å²) in [6.45, 7) is 1.93. The minimum Gasteiger partial charge on any atom is -0.444 e. The number of nitrogens with zero attached hydrogens (tertiary/aromatic N) is 4. The van der Waals surface area contributed by atoms with Crippen LogP contribution in [0, 0.1) is 26.1 Å². The zero-order valence-corrected chi connectivity index (χ0v) is 25.7. The number of benzene rings is 2. The molecule has 0 aliphatic carbocycles. The van der Waals surface area contributed by atoms with Gasteiger partial charge in [0, 0.05) is 55.7 Å². The molecule has 2 heterocycles. The van der Waals surface area contributed by atoms with Crippen LogP contribution >= 0.6 is 12.6 Å². The van der Waals surface area contributed by atoms with Gasteiger partial charge in [0.15, 0.2) is 0 Å². The molecule has 0 saturated carbocycles. The first-order chi connectivity index (χ1) is 22.1. The van der Waals surface area contributed by atoms with E-state index >= 15 is 0 Å². The van der Waals surface area contributed by atoms with E-state index in [2.05, 4.69) is 33.6 Å². The largest absolute Gasteiger partial charge is 0.444 e. The van der Waals surface area contributed by atoms with E-state index in [0.717, 1.165) is 12.8 Å². The molecule has 2 fully saturated rings. The van der Waals surface area contributed by atoms with Gasteiger partial charge in [0.25, 0.3) is 11.4 Å². The maximum Gasteiger partial charge on any atom is 0.414 e. The molecule has 0 spiro atoms. The van der Waals surface area contributed by atoms with Crippen LogP contribution in [0.1, 0.15) is 36.8 Å². The Kier molecular flexibility index (Phi) is 12.2. The predicted octanol–water partition coefficient (Wildman–Crippen LogP) is 3.30. The molecule has 16 nitrogen and oxygen atoms in total. The van der Waals surface area contributed by atoms with Crippen LogP contribution in [0.3, 0.4) is 0 Å². The van der Waals surface area contributed by atoms with Gasteiger partial charge in [-0.05, 0) is 67.0 Å². The number of carbonyl (C=O) groups excluding carboxylic acids is 3. The lowest BCUT2D eigenvalue weighted by molar-refractivity contribution is -0.385. The summed E-state index contributed by atoms with van der Waals surface area (Å²) in [6.07, 6.45) is 1.13. The van der Waals surface area contributed by atoms with E-state index in [1.54, 1.807) is 0 Å². The lowest BCUT2D eigenvalue weighted by atomic mass is 10.0. The van der Waals surface area contributed by atoms with Crippen molar-refractivity contribution in [1.29, 1.82) is 0 Å². The van der Waals surface area contributed by atoms with E-state index in [-0.39, 0.29) is 54.3 Å². The SMILES string of the molecule is O=C(NC(=NCCC[C@H]1CCN(C(=O)[C@@H]2C[C@H](S)CN2)C1)NC(=O)OCc1ccc([N+](=O)[O-])cc1)OCc1ccc([N+](=O)[O-])cc1. The van der Waals surface area contributed by atoms with Crippen LogP contribution in [0.5, 0.6) is 0 Å². The summed E-state index contributed by atoms with van der Waals surface area (Å²) in [6, 6.07) is 10.8. The van der Waals surface area contributed by atoms with Crippen molar-refractivity contribution in [2.24, 2.45) is 10.9 Å². The fourth-order valence-electron chi connectivity index (χ4n) is 5.07. The number of thiol groups is 1. The number of hydrogen-bond acceptors (Lipinski definition) is 12. The zero-order chi connectivity index (χ0) is 33.1. The quantitative estimate of drug-likeness (QED) is 0.0692. The fourth-order valence-corrected chi connectivity index (χ4v) is 5.38. The van der Waals surface area contributed by atoms with Gasteiger partial charge in [0.1, 0.15) is 13.2 Å². The minimum atomic E-state index is -0.929. The van der Waals surface area contributed by atoms with Crippen LogP contribution in [-0.2, 0) is 27.5 Å². The fraction of sp³-hybridized carbons (Fsp3) is 0.448. The monoisotopic (exact) mass is 657 g/mol. The Morgan fingerprint density at radius 1 is 0.935 bits per heavy atom. The number of likely N-dealkylation sites (tertiary alicyclic amines) is 1. The molecule has 2 aliphatic heterocycles. The highest BCUT2D eigenvalue weighted by Gasteiger charge is 2.34. The third-order valence-electron chi connectivity index (χ3n) is 7.52. The number of hydrogen-bond donors (Lipinski definition) is 4. The number of non-ortho nitro benzene ring substituents is 2. The van der Waals surface area contributed by atoms with Crippen molar-refractivity contribution in [3.05, 3.63) is 79.9 Å². The Labute approximate surface area is 269 Å². The number of guanidine groups is 1. The molecule has 17 heteroatoms. The number of ether oxygens (including phenoxy) is 2. The van der Waals surface area contributed by atoms with Gasteiger partial charge >= 0.3 is 12.2 Å². The van der Waals surface area contributed by atoms with E-state index in [4.69, 9.17) is 9.47 Å². The second kappa shape index (κ2) is 16.5. The molecular formula is C29H35N7O9S.